The van der Waals surface area contributed by atoms with Crippen molar-refractivity contribution >= 4 is 10.9 Å². The zero-order chi connectivity index (χ0) is 9.54. The first-order valence-corrected chi connectivity index (χ1v) is 5.15. The summed E-state index contributed by atoms with van der Waals surface area (Å²) in [6, 6.07) is 8.66. The Hall–Kier alpha value is -1.28. The van der Waals surface area contributed by atoms with Gasteiger partial charge in [-0.05, 0) is 18.6 Å². The maximum atomic E-state index is 3.41. The number of aromatic nitrogens is 1. The summed E-state index contributed by atoms with van der Waals surface area (Å²) in [5.74, 6) is 0. The molecule has 0 unspecified atom stereocenters. The van der Waals surface area contributed by atoms with Crippen LogP contribution in [0.1, 0.15) is 11.3 Å². The molecule has 3 rings (SSSR count). The number of fused-ring (bicyclic) bond motifs is 3. The second-order valence-corrected chi connectivity index (χ2v) is 3.92. The van der Waals surface area contributed by atoms with Gasteiger partial charge in [0.1, 0.15) is 0 Å². The molecular formula is C12H14N2. The monoisotopic (exact) mass is 186 g/mol. The minimum atomic E-state index is 0.962. The van der Waals surface area contributed by atoms with E-state index in [0.717, 1.165) is 19.6 Å². The van der Waals surface area contributed by atoms with E-state index in [4.69, 9.17) is 0 Å². The molecule has 14 heavy (non-hydrogen) atoms. The van der Waals surface area contributed by atoms with E-state index >= 15 is 0 Å². The Morgan fingerprint density at radius 1 is 1.29 bits per heavy atom. The van der Waals surface area contributed by atoms with E-state index < -0.39 is 0 Å². The van der Waals surface area contributed by atoms with Crippen LogP contribution in [0.5, 0.6) is 0 Å². The van der Waals surface area contributed by atoms with Gasteiger partial charge in [-0.1, -0.05) is 18.2 Å². The number of nitrogens with one attached hydrogen (secondary N) is 1. The number of para-hydroxylation sites is 1. The Balaban J connectivity index is 2.41. The summed E-state index contributed by atoms with van der Waals surface area (Å²) in [6.07, 6.45) is 1.15. The van der Waals surface area contributed by atoms with Crippen LogP contribution in [-0.2, 0) is 13.1 Å². The van der Waals surface area contributed by atoms with Gasteiger partial charge in [0, 0.05) is 29.6 Å². The SMILES string of the molecule is Cc1c2n(c3ccccc13)CNCC2. The van der Waals surface area contributed by atoms with E-state index in [9.17, 15) is 0 Å². The fraction of sp³-hybridized carbons (Fsp3) is 0.333. The van der Waals surface area contributed by atoms with Gasteiger partial charge in [-0.25, -0.2) is 0 Å². The highest BCUT2D eigenvalue weighted by molar-refractivity contribution is 5.85. The third-order valence-corrected chi connectivity index (χ3v) is 3.17. The maximum absolute atomic E-state index is 3.41. The van der Waals surface area contributed by atoms with E-state index in [1.807, 2.05) is 0 Å². The second-order valence-electron chi connectivity index (χ2n) is 3.92. The summed E-state index contributed by atoms with van der Waals surface area (Å²) in [5, 5.41) is 4.82. The largest absolute Gasteiger partial charge is 0.331 e. The molecule has 2 heterocycles. The average molecular weight is 186 g/mol. The van der Waals surface area contributed by atoms with Gasteiger partial charge in [0.15, 0.2) is 0 Å². The smallest absolute Gasteiger partial charge is 0.0728 e. The average Bonchev–Trinajstić information content (AvgIpc) is 2.55. The number of nitrogens with zero attached hydrogens (tertiary/aromatic N) is 1. The van der Waals surface area contributed by atoms with Gasteiger partial charge in [0.2, 0.25) is 0 Å². The van der Waals surface area contributed by atoms with E-state index in [1.165, 1.54) is 22.2 Å². The lowest BCUT2D eigenvalue weighted by Gasteiger charge is -2.17. The van der Waals surface area contributed by atoms with Crippen LogP contribution in [0.3, 0.4) is 0 Å². The highest BCUT2D eigenvalue weighted by atomic mass is 15.1. The van der Waals surface area contributed by atoms with E-state index in [1.54, 1.807) is 0 Å². The predicted molar refractivity (Wildman–Crippen MR) is 58.4 cm³/mol. The third-order valence-electron chi connectivity index (χ3n) is 3.17. The maximum Gasteiger partial charge on any atom is 0.0728 e. The van der Waals surface area contributed by atoms with Crippen LogP contribution < -0.4 is 5.32 Å². The van der Waals surface area contributed by atoms with Gasteiger partial charge in [-0.2, -0.15) is 0 Å². The van der Waals surface area contributed by atoms with Crippen LogP contribution in [0.15, 0.2) is 24.3 Å². The Labute approximate surface area is 83.5 Å². The van der Waals surface area contributed by atoms with Gasteiger partial charge >= 0.3 is 0 Å². The van der Waals surface area contributed by atoms with Crippen molar-refractivity contribution in [2.45, 2.75) is 20.0 Å². The molecule has 2 aromatic rings. The van der Waals surface area contributed by atoms with Gasteiger partial charge < -0.3 is 4.57 Å². The lowest BCUT2D eigenvalue weighted by atomic mass is 10.1. The summed E-state index contributed by atoms with van der Waals surface area (Å²) >= 11 is 0. The quantitative estimate of drug-likeness (QED) is 0.666. The molecule has 1 aromatic carbocycles. The highest BCUT2D eigenvalue weighted by Gasteiger charge is 2.15. The van der Waals surface area contributed by atoms with Crippen LogP contribution in [0.2, 0.25) is 0 Å². The minimum absolute atomic E-state index is 0.962. The summed E-state index contributed by atoms with van der Waals surface area (Å²) < 4.78 is 2.40. The summed E-state index contributed by atoms with van der Waals surface area (Å²) in [5.41, 5.74) is 4.33. The minimum Gasteiger partial charge on any atom is -0.331 e. The Kier molecular flexibility index (Phi) is 1.64. The lowest BCUT2D eigenvalue weighted by molar-refractivity contribution is 0.505. The van der Waals surface area contributed by atoms with Crippen molar-refractivity contribution < 1.29 is 0 Å². The Bertz CT molecular complexity index is 482. The molecule has 2 heteroatoms. The molecule has 1 aliphatic heterocycles. The Morgan fingerprint density at radius 2 is 2.14 bits per heavy atom. The normalized spacial score (nSPS) is 15.8. The van der Waals surface area contributed by atoms with Crippen molar-refractivity contribution in [1.29, 1.82) is 0 Å². The molecule has 1 aliphatic rings. The second kappa shape index (κ2) is 2.85. The Morgan fingerprint density at radius 3 is 3.07 bits per heavy atom. The standard InChI is InChI=1S/C12H14N2/c1-9-10-4-2-3-5-12(10)14-8-13-7-6-11(9)14/h2-5,13H,6-8H2,1H3. The van der Waals surface area contributed by atoms with Crippen molar-refractivity contribution in [1.82, 2.24) is 9.88 Å². The van der Waals surface area contributed by atoms with Gasteiger partial charge in [0.05, 0.1) is 6.67 Å². The molecule has 1 N–H and O–H groups in total. The highest BCUT2D eigenvalue weighted by Crippen LogP contribution is 2.26. The molecule has 2 nitrogen and oxygen atoms in total. The molecule has 0 saturated carbocycles. The molecule has 72 valence electrons. The summed E-state index contributed by atoms with van der Waals surface area (Å²) in [4.78, 5) is 0. The summed E-state index contributed by atoms with van der Waals surface area (Å²) in [6.45, 7) is 4.31. The number of benzene rings is 1. The fourth-order valence-corrected chi connectivity index (χ4v) is 2.43. The van der Waals surface area contributed by atoms with Crippen molar-refractivity contribution in [3.63, 3.8) is 0 Å². The van der Waals surface area contributed by atoms with Crippen LogP contribution in [0.4, 0.5) is 0 Å². The molecule has 0 fully saturated rings. The number of rotatable bonds is 0. The lowest BCUT2D eigenvalue weighted by Crippen LogP contribution is -2.28. The number of hydrogen-bond donors (Lipinski definition) is 1. The van der Waals surface area contributed by atoms with Gasteiger partial charge in [0.25, 0.3) is 0 Å². The molecule has 0 amide bonds. The molecule has 0 saturated heterocycles. The molecule has 0 radical (unpaired) electrons. The zero-order valence-corrected chi connectivity index (χ0v) is 8.38. The molecule has 0 bridgehead atoms. The molecular weight excluding hydrogens is 172 g/mol. The molecule has 1 aromatic heterocycles. The zero-order valence-electron chi connectivity index (χ0n) is 8.38. The first kappa shape index (κ1) is 8.06. The number of hydrogen-bond acceptors (Lipinski definition) is 1. The topological polar surface area (TPSA) is 17.0 Å². The first-order valence-electron chi connectivity index (χ1n) is 5.15. The molecule has 0 spiro atoms. The van der Waals surface area contributed by atoms with Crippen molar-refractivity contribution in [2.24, 2.45) is 0 Å². The van der Waals surface area contributed by atoms with Crippen molar-refractivity contribution in [3.05, 3.63) is 35.5 Å². The van der Waals surface area contributed by atoms with Crippen molar-refractivity contribution in [2.75, 3.05) is 6.54 Å². The number of aryl methyl sites for hydroxylation is 1. The summed E-state index contributed by atoms with van der Waals surface area (Å²) in [7, 11) is 0. The fourth-order valence-electron chi connectivity index (χ4n) is 2.43. The first-order chi connectivity index (χ1) is 6.88. The van der Waals surface area contributed by atoms with Crippen molar-refractivity contribution in [3.8, 4) is 0 Å². The van der Waals surface area contributed by atoms with Crippen LogP contribution in [0.25, 0.3) is 10.9 Å². The van der Waals surface area contributed by atoms with E-state index in [-0.39, 0.29) is 0 Å². The van der Waals surface area contributed by atoms with Crippen LogP contribution in [0, 0.1) is 6.92 Å². The third kappa shape index (κ3) is 0.946. The van der Waals surface area contributed by atoms with E-state index in [0.29, 0.717) is 0 Å². The van der Waals surface area contributed by atoms with Crippen LogP contribution in [-0.4, -0.2) is 11.1 Å². The predicted octanol–water partition coefficient (Wildman–Crippen LogP) is 2.05. The molecule has 0 atom stereocenters. The van der Waals surface area contributed by atoms with E-state index in [2.05, 4.69) is 41.1 Å². The van der Waals surface area contributed by atoms with Gasteiger partial charge in [-0.15, -0.1) is 0 Å². The van der Waals surface area contributed by atoms with Gasteiger partial charge in [-0.3, -0.25) is 5.32 Å². The van der Waals surface area contributed by atoms with Crippen LogP contribution >= 0.6 is 0 Å². The molecule has 0 aliphatic carbocycles.